The van der Waals surface area contributed by atoms with Gasteiger partial charge in [-0.2, -0.15) is 5.26 Å². The molecule has 1 nitrogen and oxygen atoms in total. The van der Waals surface area contributed by atoms with Crippen molar-refractivity contribution in [3.8, 4) is 6.07 Å². The monoisotopic (exact) mass is 307 g/mol. The van der Waals surface area contributed by atoms with Crippen LogP contribution in [0.15, 0.2) is 23.1 Å². The zero-order valence-electron chi connectivity index (χ0n) is 9.53. The number of halogens is 1. The number of nitriles is 1. The van der Waals surface area contributed by atoms with Crippen molar-refractivity contribution >= 4 is 27.7 Å². The largest absolute Gasteiger partial charge is 0.192 e. The highest BCUT2D eigenvalue weighted by Gasteiger charge is 2.38. The fourth-order valence-electron chi connectivity index (χ4n) is 3.10. The van der Waals surface area contributed by atoms with Crippen molar-refractivity contribution in [2.24, 2.45) is 5.92 Å². The average molecular weight is 308 g/mol. The highest BCUT2D eigenvalue weighted by molar-refractivity contribution is 9.11. The maximum atomic E-state index is 8.94. The van der Waals surface area contributed by atoms with E-state index in [-0.39, 0.29) is 0 Å². The summed E-state index contributed by atoms with van der Waals surface area (Å²) in [6.07, 6.45) is 5.51. The maximum Gasteiger partial charge on any atom is 0.0992 e. The third-order valence-corrected chi connectivity index (χ3v) is 6.19. The minimum Gasteiger partial charge on any atom is -0.192 e. The van der Waals surface area contributed by atoms with Gasteiger partial charge >= 0.3 is 0 Å². The average Bonchev–Trinajstić information content (AvgIpc) is 2.93. The van der Waals surface area contributed by atoms with Crippen LogP contribution >= 0.6 is 27.7 Å². The Morgan fingerprint density at radius 3 is 2.76 bits per heavy atom. The molecule has 17 heavy (non-hydrogen) atoms. The van der Waals surface area contributed by atoms with Crippen molar-refractivity contribution in [3.63, 3.8) is 0 Å². The normalized spacial score (nSPS) is 28.0. The Bertz CT molecular complexity index is 474. The summed E-state index contributed by atoms with van der Waals surface area (Å²) in [5.41, 5.74) is 2.24. The van der Waals surface area contributed by atoms with Gasteiger partial charge in [-0.3, -0.25) is 0 Å². The first-order valence-corrected chi connectivity index (χ1v) is 7.94. The Labute approximate surface area is 115 Å². The van der Waals surface area contributed by atoms with Gasteiger partial charge in [0.05, 0.1) is 15.8 Å². The van der Waals surface area contributed by atoms with Crippen LogP contribution in [0.25, 0.3) is 0 Å². The predicted molar refractivity (Wildman–Crippen MR) is 74.4 cm³/mol. The van der Waals surface area contributed by atoms with Crippen LogP contribution < -0.4 is 0 Å². The maximum absolute atomic E-state index is 8.94. The molecule has 0 amide bonds. The molecule has 3 rings (SSSR count). The number of alkyl halides is 1. The lowest BCUT2D eigenvalue weighted by atomic mass is 9.86. The van der Waals surface area contributed by atoms with E-state index in [1.165, 1.54) is 36.1 Å². The Morgan fingerprint density at radius 1 is 1.29 bits per heavy atom. The zero-order valence-corrected chi connectivity index (χ0v) is 11.9. The third-order valence-electron chi connectivity index (χ3n) is 3.93. The van der Waals surface area contributed by atoms with Gasteiger partial charge in [0.25, 0.3) is 0 Å². The van der Waals surface area contributed by atoms with E-state index in [4.69, 9.17) is 5.26 Å². The SMILES string of the molecule is N#Cc1ccc2c(c1)SC(Br)C2C1CCCC1. The van der Waals surface area contributed by atoms with E-state index in [1.54, 1.807) is 0 Å². The molecule has 0 bridgehead atoms. The minimum atomic E-state index is 0.495. The number of nitrogens with zero attached hydrogens (tertiary/aromatic N) is 1. The molecule has 0 aromatic heterocycles. The van der Waals surface area contributed by atoms with Crippen LogP contribution in [0.4, 0.5) is 0 Å². The second kappa shape index (κ2) is 4.66. The van der Waals surface area contributed by atoms with Gasteiger partial charge in [0, 0.05) is 10.8 Å². The third kappa shape index (κ3) is 2.02. The lowest BCUT2D eigenvalue weighted by Gasteiger charge is -2.21. The van der Waals surface area contributed by atoms with Crippen LogP contribution in [0.3, 0.4) is 0 Å². The van der Waals surface area contributed by atoms with Crippen LogP contribution in [-0.2, 0) is 0 Å². The summed E-state index contributed by atoms with van der Waals surface area (Å²) in [6.45, 7) is 0. The Morgan fingerprint density at radius 2 is 2.06 bits per heavy atom. The summed E-state index contributed by atoms with van der Waals surface area (Å²) in [6, 6.07) is 8.41. The molecule has 1 aromatic rings. The summed E-state index contributed by atoms with van der Waals surface area (Å²) < 4.78 is 0.495. The van der Waals surface area contributed by atoms with Gasteiger partial charge in [0.1, 0.15) is 0 Å². The lowest BCUT2D eigenvalue weighted by Crippen LogP contribution is -2.13. The van der Waals surface area contributed by atoms with E-state index in [0.29, 0.717) is 10.1 Å². The summed E-state index contributed by atoms with van der Waals surface area (Å²) in [5, 5.41) is 8.94. The number of benzene rings is 1. The molecule has 2 unspecified atom stereocenters. The van der Waals surface area contributed by atoms with Crippen LogP contribution in [0.5, 0.6) is 0 Å². The molecule has 1 aliphatic carbocycles. The number of rotatable bonds is 1. The first kappa shape index (κ1) is 11.6. The quantitative estimate of drug-likeness (QED) is 0.705. The van der Waals surface area contributed by atoms with Crippen molar-refractivity contribution in [1.82, 2.24) is 0 Å². The van der Waals surface area contributed by atoms with Crippen LogP contribution in [-0.4, -0.2) is 4.16 Å². The summed E-state index contributed by atoms with van der Waals surface area (Å²) in [4.78, 5) is 1.31. The molecule has 0 N–H and O–H groups in total. The molecule has 1 heterocycles. The van der Waals surface area contributed by atoms with E-state index < -0.39 is 0 Å². The van der Waals surface area contributed by atoms with Gasteiger partial charge in [0.2, 0.25) is 0 Å². The molecule has 2 aliphatic rings. The molecule has 1 saturated carbocycles. The topological polar surface area (TPSA) is 23.8 Å². The van der Waals surface area contributed by atoms with Crippen molar-refractivity contribution < 1.29 is 0 Å². The van der Waals surface area contributed by atoms with Crippen molar-refractivity contribution in [2.45, 2.75) is 40.7 Å². The molecule has 1 aliphatic heterocycles. The number of hydrogen-bond acceptors (Lipinski definition) is 2. The van der Waals surface area contributed by atoms with Crippen LogP contribution in [0.2, 0.25) is 0 Å². The fraction of sp³-hybridized carbons (Fsp3) is 0.500. The Balaban J connectivity index is 1.96. The standard InChI is InChI=1S/C14H14BrNS/c15-14-13(10-3-1-2-4-10)11-6-5-9(8-16)7-12(11)17-14/h5-7,10,13-14H,1-4H2. The lowest BCUT2D eigenvalue weighted by molar-refractivity contribution is 0.460. The molecule has 1 fully saturated rings. The molecule has 2 atom stereocenters. The van der Waals surface area contributed by atoms with E-state index in [0.717, 1.165) is 11.5 Å². The first-order valence-electron chi connectivity index (χ1n) is 6.14. The summed E-state index contributed by atoms with van der Waals surface area (Å²) in [5.74, 6) is 1.48. The van der Waals surface area contributed by atoms with E-state index in [9.17, 15) is 0 Å². The molecule has 0 spiro atoms. The minimum absolute atomic E-state index is 0.495. The highest BCUT2D eigenvalue weighted by atomic mass is 79.9. The number of hydrogen-bond donors (Lipinski definition) is 0. The fourth-order valence-corrected chi connectivity index (χ4v) is 5.72. The van der Waals surface area contributed by atoms with Crippen molar-refractivity contribution in [3.05, 3.63) is 29.3 Å². The summed E-state index contributed by atoms with van der Waals surface area (Å²) in [7, 11) is 0. The van der Waals surface area contributed by atoms with Gasteiger partial charge in [-0.05, 0) is 36.5 Å². The zero-order chi connectivity index (χ0) is 11.8. The molecule has 88 valence electrons. The van der Waals surface area contributed by atoms with Gasteiger partial charge in [-0.1, -0.05) is 34.8 Å². The first-order chi connectivity index (χ1) is 8.29. The van der Waals surface area contributed by atoms with E-state index in [1.807, 2.05) is 23.9 Å². The van der Waals surface area contributed by atoms with Gasteiger partial charge in [-0.25, -0.2) is 0 Å². The predicted octanol–water partition coefficient (Wildman–Crippen LogP) is 4.66. The van der Waals surface area contributed by atoms with Crippen molar-refractivity contribution in [1.29, 1.82) is 5.26 Å². The van der Waals surface area contributed by atoms with Crippen molar-refractivity contribution in [2.75, 3.05) is 0 Å². The molecule has 0 saturated heterocycles. The number of thioether (sulfide) groups is 1. The second-order valence-electron chi connectivity index (χ2n) is 4.90. The Hall–Kier alpha value is -0.460. The number of fused-ring (bicyclic) bond motifs is 1. The molecule has 0 radical (unpaired) electrons. The van der Waals surface area contributed by atoms with Crippen LogP contribution in [0, 0.1) is 17.2 Å². The van der Waals surface area contributed by atoms with Crippen LogP contribution in [0.1, 0.15) is 42.7 Å². The molecule has 1 aromatic carbocycles. The molecular weight excluding hydrogens is 294 g/mol. The van der Waals surface area contributed by atoms with Gasteiger partial charge in [-0.15, -0.1) is 11.8 Å². The molecular formula is C14H14BrNS. The Kier molecular flexibility index (Phi) is 3.19. The summed E-state index contributed by atoms with van der Waals surface area (Å²) >= 11 is 5.70. The highest BCUT2D eigenvalue weighted by Crippen LogP contribution is 2.54. The van der Waals surface area contributed by atoms with Gasteiger partial charge in [0.15, 0.2) is 0 Å². The molecule has 3 heteroatoms. The second-order valence-corrected chi connectivity index (χ2v) is 7.68. The van der Waals surface area contributed by atoms with Gasteiger partial charge < -0.3 is 0 Å². The smallest absolute Gasteiger partial charge is 0.0992 e. The van der Waals surface area contributed by atoms with E-state index >= 15 is 0 Å². The van der Waals surface area contributed by atoms with E-state index in [2.05, 4.69) is 28.1 Å².